The van der Waals surface area contributed by atoms with Gasteiger partial charge in [-0.25, -0.2) is 14.8 Å². The van der Waals surface area contributed by atoms with Crippen molar-refractivity contribution in [3.8, 4) is 10.7 Å². The van der Waals surface area contributed by atoms with Crippen molar-refractivity contribution in [2.45, 2.75) is 0 Å². The number of carboxylic acids is 1. The normalized spacial score (nSPS) is 10.2. The van der Waals surface area contributed by atoms with Crippen molar-refractivity contribution in [1.82, 2.24) is 15.0 Å². The minimum atomic E-state index is -1.17. The Bertz CT molecular complexity index is 501. The van der Waals surface area contributed by atoms with E-state index in [4.69, 9.17) is 16.7 Å². The number of hydrogen-bond donors (Lipinski definition) is 1. The van der Waals surface area contributed by atoms with E-state index in [2.05, 4.69) is 15.0 Å². The molecule has 76 valence electrons. The van der Waals surface area contributed by atoms with Gasteiger partial charge >= 0.3 is 5.97 Å². The van der Waals surface area contributed by atoms with E-state index in [0.717, 1.165) is 0 Å². The molecule has 0 fully saturated rings. The number of halogens is 1. The molecule has 0 aromatic carbocycles. The van der Waals surface area contributed by atoms with Gasteiger partial charge in [0.15, 0.2) is 11.5 Å². The molecule has 0 aliphatic heterocycles. The maximum Gasteiger partial charge on any atom is 0.356 e. The lowest BCUT2D eigenvalue weighted by molar-refractivity contribution is 0.0690. The van der Waals surface area contributed by atoms with Crippen LogP contribution < -0.4 is 0 Å². The van der Waals surface area contributed by atoms with Gasteiger partial charge in [0.1, 0.15) is 0 Å². The lowest BCUT2D eigenvalue weighted by Gasteiger charge is -1.99. The monoisotopic (exact) mass is 241 g/mol. The molecule has 2 aromatic rings. The highest BCUT2D eigenvalue weighted by Crippen LogP contribution is 2.21. The summed E-state index contributed by atoms with van der Waals surface area (Å²) in [6.07, 6.45) is 2.84. The van der Waals surface area contributed by atoms with E-state index in [0.29, 0.717) is 10.7 Å². The molecule has 0 spiro atoms. The first-order chi connectivity index (χ1) is 7.18. The molecule has 0 radical (unpaired) electrons. The van der Waals surface area contributed by atoms with Crippen LogP contribution in [0.5, 0.6) is 0 Å². The Kier molecular flexibility index (Phi) is 2.61. The standard InChI is InChI=1S/C8H4ClN3O2S/c9-4-1-11-7(5-2-10-3-15-5)12-6(4)8(13)14/h1-3H,(H,13,14). The minimum absolute atomic E-state index is 0.0239. The van der Waals surface area contributed by atoms with Crippen molar-refractivity contribution in [1.29, 1.82) is 0 Å². The SMILES string of the molecule is O=C(O)c1nc(-c2cncs2)ncc1Cl. The summed E-state index contributed by atoms with van der Waals surface area (Å²) in [5.41, 5.74) is 1.42. The molecule has 2 heterocycles. The molecule has 0 unspecified atom stereocenters. The van der Waals surface area contributed by atoms with Gasteiger partial charge in [0.05, 0.1) is 21.6 Å². The summed E-state index contributed by atoms with van der Waals surface area (Å²) in [5.74, 6) is -0.854. The van der Waals surface area contributed by atoms with Crippen LogP contribution in [0.1, 0.15) is 10.5 Å². The summed E-state index contributed by atoms with van der Waals surface area (Å²) in [4.78, 5) is 23.1. The van der Waals surface area contributed by atoms with E-state index >= 15 is 0 Å². The zero-order valence-corrected chi connectivity index (χ0v) is 8.79. The highest BCUT2D eigenvalue weighted by Gasteiger charge is 2.13. The van der Waals surface area contributed by atoms with E-state index in [1.165, 1.54) is 17.5 Å². The average molecular weight is 242 g/mol. The first kappa shape index (κ1) is 10.0. The number of aromatic nitrogens is 3. The van der Waals surface area contributed by atoms with E-state index in [-0.39, 0.29) is 10.7 Å². The maximum absolute atomic E-state index is 10.8. The summed E-state index contributed by atoms with van der Waals surface area (Å²) in [7, 11) is 0. The molecule has 7 heteroatoms. The Balaban J connectivity index is 2.52. The van der Waals surface area contributed by atoms with Crippen LogP contribution in [-0.4, -0.2) is 26.0 Å². The van der Waals surface area contributed by atoms with Gasteiger partial charge in [0.25, 0.3) is 0 Å². The van der Waals surface area contributed by atoms with Gasteiger partial charge in [0, 0.05) is 6.20 Å². The van der Waals surface area contributed by atoms with Crippen LogP contribution in [0.2, 0.25) is 5.02 Å². The van der Waals surface area contributed by atoms with Crippen molar-refractivity contribution in [2.75, 3.05) is 0 Å². The van der Waals surface area contributed by atoms with Crippen molar-refractivity contribution in [2.24, 2.45) is 0 Å². The second-order valence-electron chi connectivity index (χ2n) is 2.56. The quantitative estimate of drug-likeness (QED) is 0.870. The van der Waals surface area contributed by atoms with Crippen LogP contribution in [0.3, 0.4) is 0 Å². The molecule has 0 aliphatic carbocycles. The molecular weight excluding hydrogens is 238 g/mol. The zero-order chi connectivity index (χ0) is 10.8. The van der Waals surface area contributed by atoms with Crippen molar-refractivity contribution < 1.29 is 9.90 Å². The molecule has 15 heavy (non-hydrogen) atoms. The fraction of sp³-hybridized carbons (Fsp3) is 0. The number of carboxylic acid groups (broad SMARTS) is 1. The highest BCUT2D eigenvalue weighted by atomic mass is 35.5. The molecular formula is C8H4ClN3O2S. The molecule has 0 atom stereocenters. The second kappa shape index (κ2) is 3.92. The van der Waals surface area contributed by atoms with Crippen LogP contribution in [0.25, 0.3) is 10.7 Å². The Morgan fingerprint density at radius 2 is 2.27 bits per heavy atom. The van der Waals surface area contributed by atoms with Gasteiger partial charge in [-0.1, -0.05) is 11.6 Å². The van der Waals surface area contributed by atoms with Gasteiger partial charge in [-0.15, -0.1) is 11.3 Å². The molecule has 0 aliphatic rings. The topological polar surface area (TPSA) is 76.0 Å². The number of thiazole rings is 1. The fourth-order valence-electron chi connectivity index (χ4n) is 0.962. The lowest BCUT2D eigenvalue weighted by Crippen LogP contribution is -2.03. The van der Waals surface area contributed by atoms with E-state index in [9.17, 15) is 4.79 Å². The van der Waals surface area contributed by atoms with Crippen LogP contribution in [-0.2, 0) is 0 Å². The Labute approximate surface area is 93.4 Å². The predicted octanol–water partition coefficient (Wildman–Crippen LogP) is 1.95. The number of rotatable bonds is 2. The van der Waals surface area contributed by atoms with E-state index in [1.807, 2.05) is 0 Å². The van der Waals surface area contributed by atoms with Crippen LogP contribution in [0.15, 0.2) is 17.9 Å². The molecule has 2 rings (SSSR count). The van der Waals surface area contributed by atoms with Crippen LogP contribution >= 0.6 is 22.9 Å². The molecule has 5 nitrogen and oxygen atoms in total. The smallest absolute Gasteiger partial charge is 0.356 e. The van der Waals surface area contributed by atoms with Gasteiger partial charge in [-0.05, 0) is 0 Å². The van der Waals surface area contributed by atoms with E-state index < -0.39 is 5.97 Å². The van der Waals surface area contributed by atoms with Crippen molar-refractivity contribution >= 4 is 28.9 Å². The summed E-state index contributed by atoms with van der Waals surface area (Å²) in [5, 5.41) is 8.82. The molecule has 0 saturated carbocycles. The third-order valence-electron chi connectivity index (χ3n) is 1.60. The van der Waals surface area contributed by atoms with Gasteiger partial charge in [-0.3, -0.25) is 4.98 Å². The number of nitrogens with zero attached hydrogens (tertiary/aromatic N) is 3. The maximum atomic E-state index is 10.8. The second-order valence-corrected chi connectivity index (χ2v) is 3.85. The van der Waals surface area contributed by atoms with Crippen molar-refractivity contribution in [3.63, 3.8) is 0 Å². The number of aromatic carboxylic acids is 1. The van der Waals surface area contributed by atoms with Gasteiger partial charge in [-0.2, -0.15) is 0 Å². The molecule has 1 N–H and O–H groups in total. The predicted molar refractivity (Wildman–Crippen MR) is 55.1 cm³/mol. The largest absolute Gasteiger partial charge is 0.476 e. The zero-order valence-electron chi connectivity index (χ0n) is 7.22. The molecule has 0 bridgehead atoms. The molecule has 0 saturated heterocycles. The highest BCUT2D eigenvalue weighted by molar-refractivity contribution is 7.13. The summed E-state index contributed by atoms with van der Waals surface area (Å²) in [6, 6.07) is 0. The third-order valence-corrected chi connectivity index (χ3v) is 2.65. The minimum Gasteiger partial charge on any atom is -0.476 e. The Morgan fingerprint density at radius 3 is 2.87 bits per heavy atom. The summed E-state index contributed by atoms with van der Waals surface area (Å²) < 4.78 is 0. The lowest BCUT2D eigenvalue weighted by atomic mass is 10.4. The van der Waals surface area contributed by atoms with Crippen LogP contribution in [0, 0.1) is 0 Å². The Morgan fingerprint density at radius 1 is 1.47 bits per heavy atom. The first-order valence-electron chi connectivity index (χ1n) is 3.83. The van der Waals surface area contributed by atoms with Gasteiger partial charge < -0.3 is 5.11 Å². The van der Waals surface area contributed by atoms with Crippen LogP contribution in [0.4, 0.5) is 0 Å². The van der Waals surface area contributed by atoms with Gasteiger partial charge in [0.2, 0.25) is 0 Å². The first-order valence-corrected chi connectivity index (χ1v) is 5.09. The summed E-state index contributed by atoms with van der Waals surface area (Å²) in [6.45, 7) is 0. The van der Waals surface area contributed by atoms with Crippen molar-refractivity contribution in [3.05, 3.63) is 28.6 Å². The third kappa shape index (κ3) is 1.95. The Hall–Kier alpha value is -1.53. The molecule has 2 aromatic heterocycles. The molecule has 0 amide bonds. The van der Waals surface area contributed by atoms with E-state index in [1.54, 1.807) is 11.7 Å². The number of carbonyl (C=O) groups is 1. The number of hydrogen-bond acceptors (Lipinski definition) is 5. The average Bonchev–Trinajstić information content (AvgIpc) is 2.71. The summed E-state index contributed by atoms with van der Waals surface area (Å²) >= 11 is 6.96. The fourth-order valence-corrected chi connectivity index (χ4v) is 1.69.